The molecule has 2 amide bonds. The zero-order valence-electron chi connectivity index (χ0n) is 15.8. The molecule has 0 radical (unpaired) electrons. The van der Waals surface area contributed by atoms with Crippen LogP contribution in [0.4, 0.5) is 0 Å². The van der Waals surface area contributed by atoms with Crippen LogP contribution in [0.3, 0.4) is 0 Å². The van der Waals surface area contributed by atoms with Crippen LogP contribution in [0, 0.1) is 0 Å². The van der Waals surface area contributed by atoms with Gasteiger partial charge in [-0.05, 0) is 31.9 Å². The number of hydrogen-bond donors (Lipinski definition) is 2. The third-order valence-corrected chi connectivity index (χ3v) is 4.53. The molecule has 0 spiro atoms. The number of carbonyl (C=O) groups is 2. The van der Waals surface area contributed by atoms with E-state index in [9.17, 15) is 9.59 Å². The zero-order valence-corrected chi connectivity index (χ0v) is 15.8. The summed E-state index contributed by atoms with van der Waals surface area (Å²) >= 11 is 0. The normalized spacial score (nSPS) is 17.0. The van der Waals surface area contributed by atoms with E-state index in [2.05, 4.69) is 15.5 Å². The number of amides is 2. The summed E-state index contributed by atoms with van der Waals surface area (Å²) in [6, 6.07) is 5.89. The minimum absolute atomic E-state index is 0.0171. The molecule has 1 saturated heterocycles. The van der Waals surface area contributed by atoms with Gasteiger partial charge in [0.15, 0.2) is 0 Å². The number of likely N-dealkylation sites (tertiary alicyclic amines) is 1. The monoisotopic (exact) mass is 363 g/mol. The van der Waals surface area contributed by atoms with Crippen molar-refractivity contribution in [1.82, 2.24) is 15.5 Å². The van der Waals surface area contributed by atoms with E-state index >= 15 is 0 Å². The molecule has 0 saturated carbocycles. The van der Waals surface area contributed by atoms with Gasteiger partial charge in [-0.1, -0.05) is 13.0 Å². The van der Waals surface area contributed by atoms with E-state index < -0.39 is 0 Å². The van der Waals surface area contributed by atoms with E-state index in [0.29, 0.717) is 6.54 Å². The van der Waals surface area contributed by atoms with Crippen LogP contribution < -0.4 is 20.1 Å². The molecule has 2 N–H and O–H groups in total. The lowest BCUT2D eigenvalue weighted by molar-refractivity contribution is -0.126. The molecule has 1 aromatic rings. The summed E-state index contributed by atoms with van der Waals surface area (Å²) in [6.07, 6.45) is 2.86. The average Bonchev–Trinajstić information content (AvgIpc) is 3.11. The Hall–Kier alpha value is -2.28. The van der Waals surface area contributed by atoms with Crippen LogP contribution in [-0.4, -0.2) is 57.1 Å². The molecule has 1 atom stereocenters. The van der Waals surface area contributed by atoms with Gasteiger partial charge in [0, 0.05) is 24.2 Å². The van der Waals surface area contributed by atoms with Crippen molar-refractivity contribution in [3.8, 4) is 11.5 Å². The van der Waals surface area contributed by atoms with Crippen LogP contribution in [0.15, 0.2) is 18.2 Å². The van der Waals surface area contributed by atoms with Crippen molar-refractivity contribution in [2.24, 2.45) is 0 Å². The Labute approximate surface area is 155 Å². The van der Waals surface area contributed by atoms with Crippen LogP contribution in [0.1, 0.15) is 37.8 Å². The second-order valence-corrected chi connectivity index (χ2v) is 6.36. The summed E-state index contributed by atoms with van der Waals surface area (Å²) in [5, 5.41) is 5.44. The summed E-state index contributed by atoms with van der Waals surface area (Å²) in [5.74, 6) is 1.21. The standard InChI is InChI=1S/C19H29N3O4/c1-4-9-20-18(23)12-21-19(24)13-22-10-5-6-16(22)15-8-7-14(25-2)11-17(15)26-3/h7-8,11,16H,4-6,9-10,12-13H2,1-3H3,(H,20,23)(H,21,24)/t16-/m0/s1. The molecular formula is C19H29N3O4. The minimum atomic E-state index is -0.157. The SMILES string of the molecule is CCCNC(=O)CNC(=O)CN1CCC[C@H]1c1ccc(OC)cc1OC. The molecule has 26 heavy (non-hydrogen) atoms. The van der Waals surface area contributed by atoms with Gasteiger partial charge in [0.25, 0.3) is 0 Å². The maximum atomic E-state index is 12.2. The molecule has 1 aliphatic heterocycles. The maximum Gasteiger partial charge on any atom is 0.239 e. The van der Waals surface area contributed by atoms with Crippen molar-refractivity contribution in [2.45, 2.75) is 32.2 Å². The second kappa shape index (κ2) is 10.0. The Kier molecular flexibility index (Phi) is 7.72. The third-order valence-electron chi connectivity index (χ3n) is 4.53. The van der Waals surface area contributed by atoms with E-state index in [0.717, 1.165) is 42.9 Å². The highest BCUT2D eigenvalue weighted by molar-refractivity contribution is 5.85. The van der Waals surface area contributed by atoms with Crippen molar-refractivity contribution in [3.05, 3.63) is 23.8 Å². The van der Waals surface area contributed by atoms with Gasteiger partial charge in [-0.2, -0.15) is 0 Å². The first-order chi connectivity index (χ1) is 12.6. The summed E-state index contributed by atoms with van der Waals surface area (Å²) in [7, 11) is 3.26. The van der Waals surface area contributed by atoms with Crippen LogP contribution in [0.25, 0.3) is 0 Å². The van der Waals surface area contributed by atoms with E-state index in [-0.39, 0.29) is 30.9 Å². The number of nitrogens with one attached hydrogen (secondary N) is 2. The van der Waals surface area contributed by atoms with Crippen LogP contribution >= 0.6 is 0 Å². The highest BCUT2D eigenvalue weighted by atomic mass is 16.5. The Balaban J connectivity index is 1.95. The van der Waals surface area contributed by atoms with Gasteiger partial charge in [-0.25, -0.2) is 0 Å². The largest absolute Gasteiger partial charge is 0.497 e. The Morgan fingerprint density at radius 2 is 2.00 bits per heavy atom. The van der Waals surface area contributed by atoms with E-state index in [4.69, 9.17) is 9.47 Å². The predicted octanol–water partition coefficient (Wildman–Crippen LogP) is 1.48. The molecule has 0 aromatic heterocycles. The van der Waals surface area contributed by atoms with E-state index in [1.54, 1.807) is 14.2 Å². The summed E-state index contributed by atoms with van der Waals surface area (Å²) < 4.78 is 10.8. The zero-order chi connectivity index (χ0) is 18.9. The lowest BCUT2D eigenvalue weighted by Crippen LogP contribution is -2.42. The first-order valence-corrected chi connectivity index (χ1v) is 9.08. The van der Waals surface area contributed by atoms with Crippen molar-refractivity contribution in [1.29, 1.82) is 0 Å². The molecule has 1 heterocycles. The molecule has 0 unspecified atom stereocenters. The quantitative estimate of drug-likeness (QED) is 0.695. The van der Waals surface area contributed by atoms with E-state index in [1.165, 1.54) is 0 Å². The van der Waals surface area contributed by atoms with Crippen LogP contribution in [-0.2, 0) is 9.59 Å². The Morgan fingerprint density at radius 3 is 2.69 bits per heavy atom. The second-order valence-electron chi connectivity index (χ2n) is 6.36. The van der Waals surface area contributed by atoms with Gasteiger partial charge < -0.3 is 20.1 Å². The van der Waals surface area contributed by atoms with Crippen molar-refractivity contribution in [3.63, 3.8) is 0 Å². The van der Waals surface area contributed by atoms with Crippen molar-refractivity contribution in [2.75, 3.05) is 40.4 Å². The number of hydrogen-bond acceptors (Lipinski definition) is 5. The first-order valence-electron chi connectivity index (χ1n) is 9.08. The summed E-state index contributed by atoms with van der Waals surface area (Å²) in [4.78, 5) is 26.0. The smallest absolute Gasteiger partial charge is 0.239 e. The fourth-order valence-corrected chi connectivity index (χ4v) is 3.21. The van der Waals surface area contributed by atoms with Gasteiger partial charge in [-0.3, -0.25) is 14.5 Å². The molecule has 1 aliphatic rings. The lowest BCUT2D eigenvalue weighted by Gasteiger charge is -2.25. The number of rotatable bonds is 9. The van der Waals surface area contributed by atoms with E-state index in [1.807, 2.05) is 25.1 Å². The van der Waals surface area contributed by atoms with Crippen LogP contribution in [0.5, 0.6) is 11.5 Å². The number of nitrogens with zero attached hydrogens (tertiary/aromatic N) is 1. The highest BCUT2D eigenvalue weighted by Gasteiger charge is 2.29. The molecule has 7 nitrogen and oxygen atoms in total. The third kappa shape index (κ3) is 5.36. The number of ether oxygens (including phenoxy) is 2. The molecule has 144 valence electrons. The van der Waals surface area contributed by atoms with Gasteiger partial charge >= 0.3 is 0 Å². The van der Waals surface area contributed by atoms with Crippen LogP contribution in [0.2, 0.25) is 0 Å². The van der Waals surface area contributed by atoms with Gasteiger partial charge in [-0.15, -0.1) is 0 Å². The maximum absolute atomic E-state index is 12.2. The number of carbonyl (C=O) groups excluding carboxylic acids is 2. The van der Waals surface area contributed by atoms with Crippen molar-refractivity contribution >= 4 is 11.8 Å². The molecule has 0 aliphatic carbocycles. The fraction of sp³-hybridized carbons (Fsp3) is 0.579. The minimum Gasteiger partial charge on any atom is -0.497 e. The van der Waals surface area contributed by atoms with Crippen molar-refractivity contribution < 1.29 is 19.1 Å². The van der Waals surface area contributed by atoms with Gasteiger partial charge in [0.05, 0.1) is 27.3 Å². The highest BCUT2D eigenvalue weighted by Crippen LogP contribution is 2.38. The molecule has 1 aromatic carbocycles. The molecule has 2 rings (SSSR count). The number of benzene rings is 1. The first kappa shape index (κ1) is 20.0. The summed E-state index contributed by atoms with van der Waals surface area (Å²) in [6.45, 7) is 3.74. The Bertz CT molecular complexity index is 621. The van der Waals surface area contributed by atoms with Gasteiger partial charge in [0.1, 0.15) is 11.5 Å². The average molecular weight is 363 g/mol. The Morgan fingerprint density at radius 1 is 1.19 bits per heavy atom. The lowest BCUT2D eigenvalue weighted by atomic mass is 10.0. The van der Waals surface area contributed by atoms with Gasteiger partial charge in [0.2, 0.25) is 11.8 Å². The molecular weight excluding hydrogens is 334 g/mol. The molecule has 0 bridgehead atoms. The number of methoxy groups -OCH3 is 2. The summed E-state index contributed by atoms with van der Waals surface area (Å²) in [5.41, 5.74) is 1.05. The predicted molar refractivity (Wildman–Crippen MR) is 99.4 cm³/mol. The molecule has 1 fully saturated rings. The topological polar surface area (TPSA) is 79.9 Å². The molecule has 7 heteroatoms. The fourth-order valence-electron chi connectivity index (χ4n) is 3.21.